The summed E-state index contributed by atoms with van der Waals surface area (Å²) < 4.78 is 3.54. The Morgan fingerprint density at radius 1 is 1.12 bits per heavy atom. The normalized spacial score (nSPS) is 11.2. The van der Waals surface area contributed by atoms with Gasteiger partial charge >= 0.3 is 0 Å². The number of H-pyrrole nitrogens is 1. The topological polar surface area (TPSA) is 93.4 Å². The van der Waals surface area contributed by atoms with Gasteiger partial charge in [-0.2, -0.15) is 15.3 Å². The summed E-state index contributed by atoms with van der Waals surface area (Å²) in [5.74, 6) is 0.344. The molecule has 0 unspecified atom stereocenters. The predicted octanol–water partition coefficient (Wildman–Crippen LogP) is 2.66. The van der Waals surface area contributed by atoms with Crippen LogP contribution in [0.3, 0.4) is 0 Å². The second-order valence-corrected chi connectivity index (χ2v) is 6.35. The number of nitrogens with zero attached hydrogens (tertiary/aromatic N) is 5. The maximum Gasteiger partial charge on any atom is 0.256 e. The van der Waals surface area contributed by atoms with Crippen molar-refractivity contribution in [3.8, 4) is 5.69 Å². The molecular formula is C18H19N7O. The van der Waals surface area contributed by atoms with E-state index in [-0.39, 0.29) is 5.91 Å². The van der Waals surface area contributed by atoms with Gasteiger partial charge in [-0.1, -0.05) is 0 Å². The van der Waals surface area contributed by atoms with Gasteiger partial charge in [-0.15, -0.1) is 0 Å². The quantitative estimate of drug-likeness (QED) is 0.595. The Balaban J connectivity index is 1.59. The number of carbonyl (C=O) groups is 1. The van der Waals surface area contributed by atoms with Crippen molar-refractivity contribution in [2.75, 3.05) is 5.32 Å². The molecule has 1 aromatic carbocycles. The van der Waals surface area contributed by atoms with Crippen molar-refractivity contribution in [2.24, 2.45) is 7.05 Å². The molecule has 4 rings (SSSR count). The summed E-state index contributed by atoms with van der Waals surface area (Å²) in [6.07, 6.45) is 0. The van der Waals surface area contributed by atoms with Gasteiger partial charge in [0, 0.05) is 18.3 Å². The fourth-order valence-electron chi connectivity index (χ4n) is 3.15. The summed E-state index contributed by atoms with van der Waals surface area (Å²) in [6, 6.07) is 9.34. The van der Waals surface area contributed by atoms with E-state index in [9.17, 15) is 4.79 Å². The highest BCUT2D eigenvalue weighted by Crippen LogP contribution is 2.24. The van der Waals surface area contributed by atoms with Gasteiger partial charge in [0.25, 0.3) is 5.91 Å². The van der Waals surface area contributed by atoms with Gasteiger partial charge in [0.15, 0.2) is 5.65 Å². The number of aryl methyl sites for hydroxylation is 4. The minimum absolute atomic E-state index is 0.210. The number of aromatic nitrogens is 6. The van der Waals surface area contributed by atoms with Crippen LogP contribution in [-0.4, -0.2) is 35.7 Å². The first-order valence-corrected chi connectivity index (χ1v) is 8.27. The average Bonchev–Trinajstić information content (AvgIpc) is 3.25. The highest BCUT2D eigenvalue weighted by molar-refractivity contribution is 6.08. The van der Waals surface area contributed by atoms with E-state index in [4.69, 9.17) is 0 Å². The third-order valence-electron chi connectivity index (χ3n) is 4.34. The molecule has 3 aromatic heterocycles. The first-order chi connectivity index (χ1) is 12.4. The molecule has 2 N–H and O–H groups in total. The third-order valence-corrected chi connectivity index (χ3v) is 4.34. The largest absolute Gasteiger partial charge is 0.306 e. The number of carbonyl (C=O) groups excluding carboxylic acids is 1. The number of nitrogens with one attached hydrogen (secondary N) is 2. The van der Waals surface area contributed by atoms with Crippen LogP contribution in [0.2, 0.25) is 0 Å². The molecule has 3 heterocycles. The van der Waals surface area contributed by atoms with Crippen LogP contribution in [0.4, 0.5) is 5.82 Å². The monoisotopic (exact) mass is 349 g/mol. The lowest BCUT2D eigenvalue weighted by molar-refractivity contribution is 0.102. The zero-order valence-electron chi connectivity index (χ0n) is 15.0. The van der Waals surface area contributed by atoms with Crippen molar-refractivity contribution < 1.29 is 4.79 Å². The van der Waals surface area contributed by atoms with Gasteiger partial charge in [0.05, 0.1) is 22.5 Å². The van der Waals surface area contributed by atoms with Crippen LogP contribution in [0.25, 0.3) is 16.7 Å². The molecule has 0 fully saturated rings. The maximum atomic E-state index is 12.6. The predicted molar refractivity (Wildman–Crippen MR) is 98.6 cm³/mol. The van der Waals surface area contributed by atoms with Crippen LogP contribution in [-0.2, 0) is 7.05 Å². The van der Waals surface area contributed by atoms with Crippen LogP contribution < -0.4 is 5.32 Å². The van der Waals surface area contributed by atoms with E-state index < -0.39 is 0 Å². The van der Waals surface area contributed by atoms with Crippen molar-refractivity contribution in [1.82, 2.24) is 29.8 Å². The molecule has 0 radical (unpaired) electrons. The molecule has 132 valence electrons. The molecule has 1 amide bonds. The highest BCUT2D eigenvalue weighted by atomic mass is 16.1. The highest BCUT2D eigenvalue weighted by Gasteiger charge is 2.16. The third kappa shape index (κ3) is 2.55. The van der Waals surface area contributed by atoms with Crippen LogP contribution in [0.5, 0.6) is 0 Å². The second-order valence-electron chi connectivity index (χ2n) is 6.35. The molecule has 26 heavy (non-hydrogen) atoms. The first-order valence-electron chi connectivity index (χ1n) is 8.27. The summed E-state index contributed by atoms with van der Waals surface area (Å²) in [7, 11) is 1.82. The number of hydrogen-bond donors (Lipinski definition) is 2. The van der Waals surface area contributed by atoms with Gasteiger partial charge in [-0.05, 0) is 51.1 Å². The van der Waals surface area contributed by atoms with E-state index in [0.29, 0.717) is 17.0 Å². The van der Waals surface area contributed by atoms with Crippen LogP contribution in [0.15, 0.2) is 30.3 Å². The van der Waals surface area contributed by atoms with Gasteiger partial charge in [-0.3, -0.25) is 9.89 Å². The number of aromatic amines is 1. The molecule has 0 spiro atoms. The lowest BCUT2D eigenvalue weighted by Crippen LogP contribution is -2.12. The van der Waals surface area contributed by atoms with Crippen LogP contribution >= 0.6 is 0 Å². The summed E-state index contributed by atoms with van der Waals surface area (Å²) in [4.78, 5) is 12.6. The molecule has 8 nitrogen and oxygen atoms in total. The summed E-state index contributed by atoms with van der Waals surface area (Å²) >= 11 is 0. The number of rotatable bonds is 3. The minimum Gasteiger partial charge on any atom is -0.306 e. The molecule has 0 atom stereocenters. The zero-order chi connectivity index (χ0) is 18.4. The molecule has 0 aliphatic carbocycles. The van der Waals surface area contributed by atoms with E-state index >= 15 is 0 Å². The SMILES string of the molecule is Cc1cc(C)n(-c2ccc(C(=O)Nc3[nH]nc4c3c(C)nn4C)cc2)n1. The minimum atomic E-state index is -0.210. The maximum absolute atomic E-state index is 12.6. The average molecular weight is 349 g/mol. The van der Waals surface area contributed by atoms with Crippen molar-refractivity contribution >= 4 is 22.8 Å². The molecule has 0 aliphatic heterocycles. The Bertz CT molecular complexity index is 1110. The number of anilines is 1. The van der Waals surface area contributed by atoms with Crippen LogP contribution in [0, 0.1) is 20.8 Å². The molecule has 0 saturated heterocycles. The second kappa shape index (κ2) is 5.83. The van der Waals surface area contributed by atoms with E-state index in [1.165, 1.54) is 0 Å². The zero-order valence-corrected chi connectivity index (χ0v) is 15.0. The van der Waals surface area contributed by atoms with Crippen molar-refractivity contribution in [1.29, 1.82) is 0 Å². The molecule has 8 heteroatoms. The smallest absolute Gasteiger partial charge is 0.256 e. The summed E-state index contributed by atoms with van der Waals surface area (Å²) in [5, 5.41) is 19.5. The van der Waals surface area contributed by atoms with Gasteiger partial charge < -0.3 is 5.32 Å². The Kier molecular flexibility index (Phi) is 3.61. The Hall–Kier alpha value is -3.42. The number of fused-ring (bicyclic) bond motifs is 1. The molecule has 0 aliphatic rings. The lowest BCUT2D eigenvalue weighted by Gasteiger charge is -2.07. The molecule has 4 aromatic rings. The summed E-state index contributed by atoms with van der Waals surface area (Å²) in [5.41, 5.74) is 4.99. The van der Waals surface area contributed by atoms with E-state index in [1.807, 2.05) is 50.7 Å². The van der Waals surface area contributed by atoms with Gasteiger partial charge in [0.1, 0.15) is 5.82 Å². The Labute approximate surface area is 149 Å². The fraction of sp³-hybridized carbons (Fsp3) is 0.222. The number of amides is 1. The number of hydrogen-bond acceptors (Lipinski definition) is 4. The lowest BCUT2D eigenvalue weighted by atomic mass is 10.2. The number of benzene rings is 1. The van der Waals surface area contributed by atoms with Crippen molar-refractivity contribution in [3.63, 3.8) is 0 Å². The van der Waals surface area contributed by atoms with Crippen molar-refractivity contribution in [3.05, 3.63) is 53.0 Å². The molecule has 0 saturated carbocycles. The standard InChI is InChI=1S/C18H19N7O/c1-10-9-11(2)25(22-10)14-7-5-13(6-8-14)18(26)19-16-15-12(3)23-24(4)17(15)21-20-16/h5-9H,1-4H3,(H2,19,20,21,26). The summed E-state index contributed by atoms with van der Waals surface area (Å²) in [6.45, 7) is 5.84. The van der Waals surface area contributed by atoms with E-state index in [1.54, 1.807) is 16.8 Å². The Morgan fingerprint density at radius 3 is 2.50 bits per heavy atom. The van der Waals surface area contributed by atoms with Gasteiger partial charge in [-0.25, -0.2) is 9.36 Å². The fourth-order valence-corrected chi connectivity index (χ4v) is 3.15. The van der Waals surface area contributed by atoms with Crippen molar-refractivity contribution in [2.45, 2.75) is 20.8 Å². The van der Waals surface area contributed by atoms with Crippen LogP contribution in [0.1, 0.15) is 27.4 Å². The molecule has 0 bridgehead atoms. The first kappa shape index (κ1) is 16.1. The van der Waals surface area contributed by atoms with Gasteiger partial charge in [0.2, 0.25) is 0 Å². The Morgan fingerprint density at radius 2 is 1.85 bits per heavy atom. The molecular weight excluding hydrogens is 330 g/mol. The van der Waals surface area contributed by atoms with E-state index in [0.717, 1.165) is 28.2 Å². The van der Waals surface area contributed by atoms with E-state index in [2.05, 4.69) is 25.7 Å².